The summed E-state index contributed by atoms with van der Waals surface area (Å²) in [6.07, 6.45) is 4.82. The van der Waals surface area contributed by atoms with Crippen LogP contribution in [0.1, 0.15) is 16.2 Å². The van der Waals surface area contributed by atoms with E-state index in [4.69, 9.17) is 5.73 Å². The molecule has 1 aromatic carbocycles. The molecular weight excluding hydrogens is 369 g/mol. The fourth-order valence-electron chi connectivity index (χ4n) is 2.78. The average Bonchev–Trinajstić information content (AvgIpc) is 3.09. The summed E-state index contributed by atoms with van der Waals surface area (Å²) >= 11 is 3.15. The van der Waals surface area contributed by atoms with Gasteiger partial charge in [-0.2, -0.15) is 5.10 Å². The Balaban J connectivity index is 1.84. The van der Waals surface area contributed by atoms with Gasteiger partial charge in [0, 0.05) is 22.4 Å². The molecule has 0 saturated carbocycles. The standard InChI is InChI=1S/C19H14FN3OS2/c20-13-5-3-12(4-6-13)16-9-14-15(8-11-2-1-7-25-10-11)22-23-17(19(21)24)18(14)26-16/h1-6,9-10H,7-8H2,(H2,21,24). The van der Waals surface area contributed by atoms with E-state index in [0.29, 0.717) is 6.42 Å². The van der Waals surface area contributed by atoms with Crippen molar-refractivity contribution in [3.63, 3.8) is 0 Å². The lowest BCUT2D eigenvalue weighted by Crippen LogP contribution is -2.14. The monoisotopic (exact) mass is 383 g/mol. The molecule has 4 nitrogen and oxygen atoms in total. The maximum Gasteiger partial charge on any atom is 0.270 e. The summed E-state index contributed by atoms with van der Waals surface area (Å²) in [6, 6.07) is 8.24. The van der Waals surface area contributed by atoms with Crippen LogP contribution in [0.3, 0.4) is 0 Å². The van der Waals surface area contributed by atoms with Crippen molar-refractivity contribution in [3.05, 3.63) is 70.7 Å². The molecule has 130 valence electrons. The summed E-state index contributed by atoms with van der Waals surface area (Å²) in [4.78, 5) is 12.7. The first kappa shape index (κ1) is 16.9. The number of hydrogen-bond donors (Lipinski definition) is 1. The lowest BCUT2D eigenvalue weighted by Gasteiger charge is -2.07. The van der Waals surface area contributed by atoms with E-state index in [1.54, 1.807) is 23.9 Å². The molecule has 0 bridgehead atoms. The van der Waals surface area contributed by atoms with E-state index in [1.807, 2.05) is 6.07 Å². The van der Waals surface area contributed by atoms with Crippen LogP contribution in [0.5, 0.6) is 0 Å². The number of allylic oxidation sites excluding steroid dienone is 2. The van der Waals surface area contributed by atoms with E-state index in [2.05, 4.69) is 27.8 Å². The predicted octanol–water partition coefficient (Wildman–Crippen LogP) is 4.33. The fraction of sp³-hybridized carbons (Fsp3) is 0.105. The number of hydrogen-bond acceptors (Lipinski definition) is 5. The maximum atomic E-state index is 13.2. The molecule has 3 heterocycles. The minimum atomic E-state index is -0.603. The van der Waals surface area contributed by atoms with Crippen molar-refractivity contribution >= 4 is 39.1 Å². The van der Waals surface area contributed by atoms with Gasteiger partial charge in [-0.1, -0.05) is 24.3 Å². The predicted molar refractivity (Wildman–Crippen MR) is 105 cm³/mol. The van der Waals surface area contributed by atoms with Gasteiger partial charge in [0.15, 0.2) is 5.69 Å². The number of halogens is 1. The zero-order chi connectivity index (χ0) is 18.1. The summed E-state index contributed by atoms with van der Waals surface area (Å²) in [5.74, 6) is 0.0809. The molecule has 4 rings (SSSR count). The van der Waals surface area contributed by atoms with Crippen LogP contribution in [-0.2, 0) is 6.42 Å². The van der Waals surface area contributed by atoms with Gasteiger partial charge in [-0.3, -0.25) is 4.79 Å². The van der Waals surface area contributed by atoms with Crippen molar-refractivity contribution in [3.8, 4) is 10.4 Å². The van der Waals surface area contributed by atoms with E-state index in [1.165, 1.54) is 23.5 Å². The number of rotatable bonds is 4. The highest BCUT2D eigenvalue weighted by Crippen LogP contribution is 2.36. The van der Waals surface area contributed by atoms with E-state index in [9.17, 15) is 9.18 Å². The van der Waals surface area contributed by atoms with Crippen LogP contribution >= 0.6 is 23.1 Å². The van der Waals surface area contributed by atoms with Gasteiger partial charge in [0.1, 0.15) is 5.82 Å². The molecule has 1 amide bonds. The van der Waals surface area contributed by atoms with Crippen molar-refractivity contribution in [1.82, 2.24) is 10.2 Å². The lowest BCUT2D eigenvalue weighted by molar-refractivity contribution is 0.0996. The number of primary amides is 1. The number of nitrogens with two attached hydrogens (primary N) is 1. The minimum Gasteiger partial charge on any atom is -0.364 e. The molecule has 0 radical (unpaired) electrons. The molecule has 0 fully saturated rings. The molecule has 0 spiro atoms. The van der Waals surface area contributed by atoms with Gasteiger partial charge in [-0.25, -0.2) is 4.39 Å². The molecule has 2 aromatic heterocycles. The Kier molecular flexibility index (Phi) is 4.57. The third-order valence-electron chi connectivity index (χ3n) is 4.02. The quantitative estimate of drug-likeness (QED) is 0.728. The largest absolute Gasteiger partial charge is 0.364 e. The van der Waals surface area contributed by atoms with Gasteiger partial charge >= 0.3 is 0 Å². The zero-order valence-electron chi connectivity index (χ0n) is 13.6. The summed E-state index contributed by atoms with van der Waals surface area (Å²) in [6.45, 7) is 0. The Labute approximate surface area is 157 Å². The lowest BCUT2D eigenvalue weighted by atomic mass is 10.1. The molecule has 0 saturated heterocycles. The highest BCUT2D eigenvalue weighted by molar-refractivity contribution is 8.02. The summed E-state index contributed by atoms with van der Waals surface area (Å²) in [5, 5.41) is 11.3. The maximum absolute atomic E-state index is 13.2. The van der Waals surface area contributed by atoms with Crippen molar-refractivity contribution in [2.45, 2.75) is 6.42 Å². The Morgan fingerprint density at radius 1 is 1.23 bits per heavy atom. The van der Waals surface area contributed by atoms with E-state index in [-0.39, 0.29) is 11.5 Å². The second-order valence-corrected chi connectivity index (χ2v) is 7.78. The Hall–Kier alpha value is -2.51. The van der Waals surface area contributed by atoms with Crippen LogP contribution in [0.2, 0.25) is 0 Å². The third kappa shape index (κ3) is 3.27. The number of carbonyl (C=O) groups is 1. The van der Waals surface area contributed by atoms with Crippen molar-refractivity contribution in [2.75, 3.05) is 5.75 Å². The summed E-state index contributed by atoms with van der Waals surface area (Å²) < 4.78 is 13.9. The molecule has 26 heavy (non-hydrogen) atoms. The molecular formula is C19H14FN3OS2. The molecule has 3 aromatic rings. The molecule has 0 atom stereocenters. The number of thioether (sulfide) groups is 1. The van der Waals surface area contributed by atoms with Gasteiger partial charge in [0.05, 0.1) is 10.4 Å². The number of benzene rings is 1. The van der Waals surface area contributed by atoms with Crippen LogP contribution in [0.15, 0.2) is 53.5 Å². The van der Waals surface area contributed by atoms with Crippen LogP contribution in [-0.4, -0.2) is 21.9 Å². The van der Waals surface area contributed by atoms with Crippen LogP contribution < -0.4 is 5.73 Å². The number of amides is 1. The van der Waals surface area contributed by atoms with E-state index >= 15 is 0 Å². The number of aromatic nitrogens is 2. The second kappa shape index (κ2) is 7.01. The first-order valence-electron chi connectivity index (χ1n) is 7.94. The summed E-state index contributed by atoms with van der Waals surface area (Å²) in [7, 11) is 0. The molecule has 1 aliphatic rings. The number of nitrogens with zero attached hydrogens (tertiary/aromatic N) is 2. The van der Waals surface area contributed by atoms with Crippen molar-refractivity contribution < 1.29 is 9.18 Å². The van der Waals surface area contributed by atoms with Gasteiger partial charge in [-0.05, 0) is 34.7 Å². The van der Waals surface area contributed by atoms with Gasteiger partial charge < -0.3 is 5.73 Å². The highest BCUT2D eigenvalue weighted by atomic mass is 32.2. The number of carbonyl (C=O) groups excluding carboxylic acids is 1. The van der Waals surface area contributed by atoms with Crippen LogP contribution in [0.4, 0.5) is 4.39 Å². The van der Waals surface area contributed by atoms with E-state index in [0.717, 1.165) is 37.5 Å². The fourth-order valence-corrected chi connectivity index (χ4v) is 4.64. The SMILES string of the molecule is NC(=O)c1nnc(CC2=CSCC=C2)c2cc(-c3ccc(F)cc3)sc12. The molecule has 7 heteroatoms. The highest BCUT2D eigenvalue weighted by Gasteiger charge is 2.18. The van der Waals surface area contributed by atoms with Gasteiger partial charge in [-0.15, -0.1) is 28.2 Å². The van der Waals surface area contributed by atoms with Crippen molar-refractivity contribution in [1.29, 1.82) is 0 Å². The van der Waals surface area contributed by atoms with Gasteiger partial charge in [0.25, 0.3) is 5.91 Å². The van der Waals surface area contributed by atoms with Crippen LogP contribution in [0.25, 0.3) is 20.5 Å². The smallest absolute Gasteiger partial charge is 0.270 e. The Bertz CT molecular complexity index is 1050. The molecule has 0 aliphatic carbocycles. The minimum absolute atomic E-state index is 0.171. The van der Waals surface area contributed by atoms with E-state index < -0.39 is 5.91 Å². The first-order valence-corrected chi connectivity index (χ1v) is 9.80. The summed E-state index contributed by atoms with van der Waals surface area (Å²) in [5.41, 5.74) is 8.47. The normalized spacial score (nSPS) is 13.8. The molecule has 0 unspecified atom stereocenters. The number of thiophene rings is 1. The zero-order valence-corrected chi connectivity index (χ0v) is 15.2. The Morgan fingerprint density at radius 2 is 2.04 bits per heavy atom. The first-order chi connectivity index (χ1) is 12.6. The van der Waals surface area contributed by atoms with Gasteiger partial charge in [0.2, 0.25) is 0 Å². The number of fused-ring (bicyclic) bond motifs is 1. The van der Waals surface area contributed by atoms with Crippen molar-refractivity contribution in [2.24, 2.45) is 5.73 Å². The van der Waals surface area contributed by atoms with Crippen LogP contribution in [0, 0.1) is 5.82 Å². The second-order valence-electron chi connectivity index (χ2n) is 5.83. The Morgan fingerprint density at radius 3 is 2.73 bits per heavy atom. The molecule has 2 N–H and O–H groups in total. The molecule has 1 aliphatic heterocycles. The topological polar surface area (TPSA) is 68.9 Å². The third-order valence-corrected chi connectivity index (χ3v) is 6.07. The average molecular weight is 383 g/mol.